The lowest BCUT2D eigenvalue weighted by Gasteiger charge is -2.09. The number of hydrogen-bond acceptors (Lipinski definition) is 2. The van der Waals surface area contributed by atoms with Crippen LogP contribution in [0.3, 0.4) is 0 Å². The molecule has 1 aromatic rings. The van der Waals surface area contributed by atoms with E-state index in [9.17, 15) is 13.2 Å². The Kier molecular flexibility index (Phi) is 4.83. The van der Waals surface area contributed by atoms with Crippen LogP contribution < -0.4 is 5.32 Å². The lowest BCUT2D eigenvalue weighted by Crippen LogP contribution is -2.10. The standard InChI is InChI=1S/C12H13F3N2/c1-2-3-4-5-9-16-11-8-6-7-10(17-11)12(13,14)15/h1,6-8H,3-5,9H2,(H,16,17). The van der Waals surface area contributed by atoms with Gasteiger partial charge in [0, 0.05) is 13.0 Å². The van der Waals surface area contributed by atoms with E-state index in [1.807, 2.05) is 0 Å². The molecular formula is C12H13F3N2. The Morgan fingerprint density at radius 3 is 2.71 bits per heavy atom. The Morgan fingerprint density at radius 2 is 2.06 bits per heavy atom. The Hall–Kier alpha value is -1.70. The number of nitrogens with one attached hydrogen (secondary N) is 1. The van der Waals surface area contributed by atoms with Crippen molar-refractivity contribution in [3.63, 3.8) is 0 Å². The number of aromatic nitrogens is 1. The Labute approximate surface area is 98.3 Å². The first-order chi connectivity index (χ1) is 8.04. The average molecular weight is 242 g/mol. The molecule has 0 atom stereocenters. The van der Waals surface area contributed by atoms with E-state index in [1.165, 1.54) is 12.1 Å². The lowest BCUT2D eigenvalue weighted by atomic mass is 10.2. The largest absolute Gasteiger partial charge is 0.433 e. The first kappa shape index (κ1) is 13.4. The van der Waals surface area contributed by atoms with Crippen LogP contribution in [-0.2, 0) is 6.18 Å². The molecule has 1 rings (SSSR count). The van der Waals surface area contributed by atoms with Crippen LogP contribution in [0, 0.1) is 12.3 Å². The Morgan fingerprint density at radius 1 is 1.29 bits per heavy atom. The molecule has 1 aromatic heterocycles. The normalized spacial score (nSPS) is 10.9. The summed E-state index contributed by atoms with van der Waals surface area (Å²) in [6.45, 7) is 0.565. The van der Waals surface area contributed by atoms with E-state index in [2.05, 4.69) is 16.2 Å². The third kappa shape index (κ3) is 4.77. The minimum atomic E-state index is -4.40. The molecule has 0 spiro atoms. The number of pyridine rings is 1. The highest BCUT2D eigenvalue weighted by Crippen LogP contribution is 2.28. The summed E-state index contributed by atoms with van der Waals surface area (Å²) in [5.74, 6) is 2.74. The van der Waals surface area contributed by atoms with E-state index in [0.29, 0.717) is 13.0 Å². The fraction of sp³-hybridized carbons (Fsp3) is 0.417. The molecule has 0 radical (unpaired) electrons. The van der Waals surface area contributed by atoms with Gasteiger partial charge in [-0.1, -0.05) is 6.07 Å². The van der Waals surface area contributed by atoms with Crippen molar-refractivity contribution < 1.29 is 13.2 Å². The average Bonchev–Trinajstić information content (AvgIpc) is 2.28. The third-order valence-electron chi connectivity index (χ3n) is 2.09. The van der Waals surface area contributed by atoms with Gasteiger partial charge in [0.1, 0.15) is 11.5 Å². The summed E-state index contributed by atoms with van der Waals surface area (Å²) >= 11 is 0. The molecule has 0 aliphatic carbocycles. The zero-order valence-corrected chi connectivity index (χ0v) is 9.22. The van der Waals surface area contributed by atoms with Gasteiger partial charge in [0.15, 0.2) is 0 Å². The van der Waals surface area contributed by atoms with Gasteiger partial charge in [-0.3, -0.25) is 0 Å². The summed E-state index contributed by atoms with van der Waals surface area (Å²) in [6, 6.07) is 3.79. The Bertz CT molecular complexity index is 393. The van der Waals surface area contributed by atoms with E-state index in [0.717, 1.165) is 18.9 Å². The van der Waals surface area contributed by atoms with Crippen molar-refractivity contribution in [3.05, 3.63) is 23.9 Å². The fourth-order valence-electron chi connectivity index (χ4n) is 1.26. The zero-order valence-electron chi connectivity index (χ0n) is 9.22. The van der Waals surface area contributed by atoms with Crippen molar-refractivity contribution in [2.75, 3.05) is 11.9 Å². The quantitative estimate of drug-likeness (QED) is 0.633. The van der Waals surface area contributed by atoms with Gasteiger partial charge in [0.05, 0.1) is 0 Å². The molecule has 17 heavy (non-hydrogen) atoms. The van der Waals surface area contributed by atoms with Crippen molar-refractivity contribution in [3.8, 4) is 12.3 Å². The first-order valence-electron chi connectivity index (χ1n) is 5.25. The number of nitrogens with zero attached hydrogens (tertiary/aromatic N) is 1. The van der Waals surface area contributed by atoms with Crippen molar-refractivity contribution in [2.24, 2.45) is 0 Å². The molecule has 0 unspecified atom stereocenters. The molecular weight excluding hydrogens is 229 g/mol. The van der Waals surface area contributed by atoms with Gasteiger partial charge in [-0.25, -0.2) is 4.98 Å². The molecule has 5 heteroatoms. The highest BCUT2D eigenvalue weighted by Gasteiger charge is 2.32. The zero-order chi connectivity index (χ0) is 12.7. The number of hydrogen-bond donors (Lipinski definition) is 1. The topological polar surface area (TPSA) is 24.9 Å². The van der Waals surface area contributed by atoms with Crippen molar-refractivity contribution in [2.45, 2.75) is 25.4 Å². The molecule has 0 saturated heterocycles. The summed E-state index contributed by atoms with van der Waals surface area (Å²) in [5.41, 5.74) is -0.883. The summed E-state index contributed by atoms with van der Waals surface area (Å²) in [6.07, 6.45) is 3.02. The number of rotatable bonds is 5. The molecule has 92 valence electrons. The number of unbranched alkanes of at least 4 members (excludes halogenated alkanes) is 2. The maximum atomic E-state index is 12.3. The van der Waals surface area contributed by atoms with Gasteiger partial charge in [0.2, 0.25) is 0 Å². The van der Waals surface area contributed by atoms with Crippen LogP contribution >= 0.6 is 0 Å². The van der Waals surface area contributed by atoms with Crippen LogP contribution in [0.4, 0.5) is 19.0 Å². The molecule has 0 bridgehead atoms. The van der Waals surface area contributed by atoms with Crippen molar-refractivity contribution in [1.29, 1.82) is 0 Å². The van der Waals surface area contributed by atoms with E-state index in [4.69, 9.17) is 6.42 Å². The van der Waals surface area contributed by atoms with E-state index >= 15 is 0 Å². The second kappa shape index (κ2) is 6.14. The number of halogens is 3. The predicted octanol–water partition coefficient (Wildman–Crippen LogP) is 3.32. The summed E-state index contributed by atoms with van der Waals surface area (Å²) < 4.78 is 37.0. The minimum Gasteiger partial charge on any atom is -0.370 e. The van der Waals surface area contributed by atoms with E-state index < -0.39 is 11.9 Å². The lowest BCUT2D eigenvalue weighted by molar-refractivity contribution is -0.141. The molecule has 0 aromatic carbocycles. The number of anilines is 1. The van der Waals surface area contributed by atoms with E-state index in [-0.39, 0.29) is 5.82 Å². The molecule has 0 aliphatic rings. The van der Waals surface area contributed by atoms with Crippen LogP contribution in [0.2, 0.25) is 0 Å². The van der Waals surface area contributed by atoms with Gasteiger partial charge >= 0.3 is 6.18 Å². The smallest absolute Gasteiger partial charge is 0.370 e. The van der Waals surface area contributed by atoms with Gasteiger partial charge in [-0.15, -0.1) is 12.3 Å². The molecule has 0 fully saturated rings. The monoisotopic (exact) mass is 242 g/mol. The Balaban J connectivity index is 2.47. The van der Waals surface area contributed by atoms with Gasteiger partial charge in [0.25, 0.3) is 0 Å². The highest BCUT2D eigenvalue weighted by molar-refractivity contribution is 5.35. The molecule has 0 saturated carbocycles. The maximum Gasteiger partial charge on any atom is 0.433 e. The molecule has 1 heterocycles. The second-order valence-corrected chi connectivity index (χ2v) is 3.49. The SMILES string of the molecule is C#CCCCCNc1cccc(C(F)(F)F)n1. The molecule has 2 nitrogen and oxygen atoms in total. The van der Waals surface area contributed by atoms with Crippen LogP contribution in [0.15, 0.2) is 18.2 Å². The van der Waals surface area contributed by atoms with Crippen LogP contribution in [-0.4, -0.2) is 11.5 Å². The molecule has 1 N–H and O–H groups in total. The van der Waals surface area contributed by atoms with Crippen molar-refractivity contribution in [1.82, 2.24) is 4.98 Å². The van der Waals surface area contributed by atoms with Crippen LogP contribution in [0.5, 0.6) is 0 Å². The molecule has 0 aliphatic heterocycles. The van der Waals surface area contributed by atoms with Gasteiger partial charge in [-0.05, 0) is 25.0 Å². The van der Waals surface area contributed by atoms with E-state index in [1.54, 1.807) is 0 Å². The first-order valence-corrected chi connectivity index (χ1v) is 5.25. The predicted molar refractivity (Wildman–Crippen MR) is 60.4 cm³/mol. The van der Waals surface area contributed by atoms with Gasteiger partial charge in [-0.2, -0.15) is 13.2 Å². The molecule has 0 amide bonds. The van der Waals surface area contributed by atoms with Crippen LogP contribution in [0.25, 0.3) is 0 Å². The van der Waals surface area contributed by atoms with Gasteiger partial charge < -0.3 is 5.32 Å². The summed E-state index contributed by atoms with van der Waals surface area (Å²) in [7, 11) is 0. The minimum absolute atomic E-state index is 0.237. The van der Waals surface area contributed by atoms with Crippen LogP contribution in [0.1, 0.15) is 25.0 Å². The summed E-state index contributed by atoms with van der Waals surface area (Å²) in [4.78, 5) is 3.49. The summed E-state index contributed by atoms with van der Waals surface area (Å²) in [5, 5.41) is 2.84. The fourth-order valence-corrected chi connectivity index (χ4v) is 1.26. The third-order valence-corrected chi connectivity index (χ3v) is 2.09. The maximum absolute atomic E-state index is 12.3. The second-order valence-electron chi connectivity index (χ2n) is 3.49. The van der Waals surface area contributed by atoms with Crippen molar-refractivity contribution >= 4 is 5.82 Å². The number of terminal acetylenes is 1. The highest BCUT2D eigenvalue weighted by atomic mass is 19.4. The number of alkyl halides is 3.